The zero-order chi connectivity index (χ0) is 35.2. The topological polar surface area (TPSA) is 73.8 Å². The van der Waals surface area contributed by atoms with Crippen LogP contribution in [0.1, 0.15) is 108 Å². The predicted octanol–water partition coefficient (Wildman–Crippen LogP) is 9.01. The number of benzene rings is 2. The van der Waals surface area contributed by atoms with Gasteiger partial charge in [-0.1, -0.05) is 95.3 Å². The van der Waals surface area contributed by atoms with Crippen LogP contribution in [0.25, 0.3) is 0 Å². The molecular weight excluding hydrogens is 644 g/mol. The van der Waals surface area contributed by atoms with Crippen molar-refractivity contribution >= 4 is 11.6 Å². The summed E-state index contributed by atoms with van der Waals surface area (Å²) in [4.78, 5) is 0. The van der Waals surface area contributed by atoms with Crippen LogP contribution in [0.5, 0.6) is 0 Å². The van der Waals surface area contributed by atoms with Gasteiger partial charge in [0.15, 0.2) is 12.6 Å². The Morgan fingerprint density at radius 2 is 1.37 bits per heavy atom. The Balaban J connectivity index is 1.94. The Morgan fingerprint density at radius 3 is 2.06 bits per heavy atom. The monoisotopic (exact) mass is 706 g/mol. The molecule has 49 heavy (non-hydrogen) atoms. The molecule has 0 bridgehead atoms. The highest BCUT2D eigenvalue weighted by atomic mass is 35.5. The van der Waals surface area contributed by atoms with E-state index in [0.717, 1.165) is 74.5 Å². The summed E-state index contributed by atoms with van der Waals surface area (Å²) < 4.78 is 49.5. The van der Waals surface area contributed by atoms with E-state index in [1.54, 1.807) is 7.11 Å². The molecule has 0 N–H and O–H groups in total. The van der Waals surface area contributed by atoms with Gasteiger partial charge in [0.2, 0.25) is 0 Å². The predicted molar refractivity (Wildman–Crippen MR) is 195 cm³/mol. The molecule has 0 aliphatic carbocycles. The molecule has 0 spiro atoms. The van der Waals surface area contributed by atoms with E-state index in [4.69, 9.17) is 49.5 Å². The van der Waals surface area contributed by atoms with Gasteiger partial charge in [0.1, 0.15) is 19.0 Å². The highest BCUT2D eigenvalue weighted by Crippen LogP contribution is 2.43. The van der Waals surface area contributed by atoms with Gasteiger partial charge in [0.25, 0.3) is 0 Å². The van der Waals surface area contributed by atoms with Gasteiger partial charge < -0.3 is 37.9 Å². The van der Waals surface area contributed by atoms with Crippen molar-refractivity contribution in [3.05, 3.63) is 69.7 Å². The molecule has 0 amide bonds. The SMILES string of the molecule is CCCCOCOC1(c2ccc(Cl)c(Cc3ccc(CCOCOC)cc3)c2)C[C@@H](OCCCC)[C@H](OCCCC)[C@@H](COCCCC)O1. The first-order valence-corrected chi connectivity index (χ1v) is 19.0. The fourth-order valence-corrected chi connectivity index (χ4v) is 5.98. The van der Waals surface area contributed by atoms with Crippen LogP contribution in [0.2, 0.25) is 5.02 Å². The van der Waals surface area contributed by atoms with Crippen LogP contribution in [-0.4, -0.2) is 78.6 Å². The van der Waals surface area contributed by atoms with Crippen molar-refractivity contribution in [2.75, 3.05) is 60.3 Å². The van der Waals surface area contributed by atoms with Crippen LogP contribution in [0, 0.1) is 0 Å². The van der Waals surface area contributed by atoms with E-state index in [1.807, 2.05) is 12.1 Å². The quantitative estimate of drug-likeness (QED) is 0.0673. The molecule has 1 aliphatic rings. The van der Waals surface area contributed by atoms with E-state index in [1.165, 1.54) is 5.56 Å². The van der Waals surface area contributed by atoms with Gasteiger partial charge in [0, 0.05) is 50.5 Å². The van der Waals surface area contributed by atoms with Crippen LogP contribution in [0.3, 0.4) is 0 Å². The maximum atomic E-state index is 7.05. The molecule has 1 aliphatic heterocycles. The molecule has 0 saturated carbocycles. The van der Waals surface area contributed by atoms with Crippen molar-refractivity contribution in [1.82, 2.24) is 0 Å². The number of ether oxygens (including phenoxy) is 8. The van der Waals surface area contributed by atoms with Crippen molar-refractivity contribution in [2.24, 2.45) is 0 Å². The Labute approximate surface area is 301 Å². The van der Waals surface area contributed by atoms with E-state index < -0.39 is 11.9 Å². The molecule has 0 radical (unpaired) electrons. The lowest BCUT2D eigenvalue weighted by molar-refractivity contribution is -0.358. The summed E-state index contributed by atoms with van der Waals surface area (Å²) in [7, 11) is 1.63. The van der Waals surface area contributed by atoms with E-state index in [0.29, 0.717) is 64.3 Å². The molecule has 4 atom stereocenters. The number of halogens is 1. The summed E-state index contributed by atoms with van der Waals surface area (Å²) in [6, 6.07) is 14.7. The molecule has 1 unspecified atom stereocenters. The molecule has 1 saturated heterocycles. The summed E-state index contributed by atoms with van der Waals surface area (Å²) in [6.45, 7) is 12.6. The Bertz CT molecular complexity index is 1130. The Hall–Kier alpha value is -1.59. The summed E-state index contributed by atoms with van der Waals surface area (Å²) in [6.07, 6.45) is 9.10. The van der Waals surface area contributed by atoms with Crippen molar-refractivity contribution in [3.63, 3.8) is 0 Å². The van der Waals surface area contributed by atoms with E-state index in [9.17, 15) is 0 Å². The maximum Gasteiger partial charge on any atom is 0.200 e. The first kappa shape index (κ1) is 41.8. The average molecular weight is 707 g/mol. The normalized spacial score (nSPS) is 21.0. The zero-order valence-electron chi connectivity index (χ0n) is 30.9. The Morgan fingerprint density at radius 1 is 0.735 bits per heavy atom. The van der Waals surface area contributed by atoms with Gasteiger partial charge in [-0.3, -0.25) is 0 Å². The standard InChI is InChI=1S/C40H63ClO8/c1-6-10-21-43-29-38-39(47-24-13-9-4)37(46-23-12-8-3)28-40(49-38,48-31-44-22-11-7-2)35-18-19-36(41)34(27-35)26-33-16-14-32(15-17-33)20-25-45-30-42-5/h14-19,27,37-39H,6-13,20-26,28-31H2,1-5H3/t37-,38-,39+,40?/m1/s1. The molecule has 278 valence electrons. The smallest absolute Gasteiger partial charge is 0.200 e. The summed E-state index contributed by atoms with van der Waals surface area (Å²) >= 11 is 6.86. The second-order valence-electron chi connectivity index (χ2n) is 12.9. The third kappa shape index (κ3) is 14.5. The number of hydrogen-bond acceptors (Lipinski definition) is 8. The highest BCUT2D eigenvalue weighted by Gasteiger charge is 2.51. The van der Waals surface area contributed by atoms with Crippen LogP contribution >= 0.6 is 11.6 Å². The van der Waals surface area contributed by atoms with Gasteiger partial charge in [-0.05, 0) is 67.3 Å². The van der Waals surface area contributed by atoms with Crippen molar-refractivity contribution in [3.8, 4) is 0 Å². The van der Waals surface area contributed by atoms with E-state index in [2.05, 4.69) is 58.0 Å². The number of rotatable bonds is 27. The minimum atomic E-state index is -1.14. The van der Waals surface area contributed by atoms with Gasteiger partial charge in [-0.25, -0.2) is 0 Å². The first-order chi connectivity index (χ1) is 24.0. The molecule has 1 fully saturated rings. The lowest BCUT2D eigenvalue weighted by Gasteiger charge is -2.48. The van der Waals surface area contributed by atoms with E-state index in [-0.39, 0.29) is 19.0 Å². The minimum Gasteiger partial charge on any atom is -0.379 e. The van der Waals surface area contributed by atoms with Crippen LogP contribution in [0.4, 0.5) is 0 Å². The minimum absolute atomic E-state index is 0.0972. The maximum absolute atomic E-state index is 7.05. The van der Waals surface area contributed by atoms with Gasteiger partial charge in [-0.15, -0.1) is 0 Å². The number of methoxy groups -OCH3 is 1. The molecule has 2 aromatic rings. The second-order valence-corrected chi connectivity index (χ2v) is 13.3. The van der Waals surface area contributed by atoms with Gasteiger partial charge in [0.05, 0.1) is 19.3 Å². The largest absolute Gasteiger partial charge is 0.379 e. The molecule has 3 rings (SSSR count). The Kier molecular flexibility index (Phi) is 21.0. The number of hydrogen-bond donors (Lipinski definition) is 0. The average Bonchev–Trinajstić information content (AvgIpc) is 3.11. The molecule has 0 aromatic heterocycles. The lowest BCUT2D eigenvalue weighted by Crippen LogP contribution is -2.57. The number of unbranched alkanes of at least 4 members (excludes halogenated alkanes) is 4. The lowest BCUT2D eigenvalue weighted by atomic mass is 9.89. The van der Waals surface area contributed by atoms with Crippen molar-refractivity contribution in [2.45, 2.75) is 122 Å². The third-order valence-electron chi connectivity index (χ3n) is 8.76. The molecule has 9 heteroatoms. The highest BCUT2D eigenvalue weighted by molar-refractivity contribution is 6.31. The zero-order valence-corrected chi connectivity index (χ0v) is 31.6. The van der Waals surface area contributed by atoms with Gasteiger partial charge in [-0.2, -0.15) is 0 Å². The van der Waals surface area contributed by atoms with Crippen molar-refractivity contribution < 1.29 is 37.9 Å². The van der Waals surface area contributed by atoms with Crippen LogP contribution < -0.4 is 0 Å². The van der Waals surface area contributed by atoms with Gasteiger partial charge >= 0.3 is 0 Å². The summed E-state index contributed by atoms with van der Waals surface area (Å²) in [5.41, 5.74) is 4.25. The first-order valence-electron chi connectivity index (χ1n) is 18.6. The molecule has 8 nitrogen and oxygen atoms in total. The fraction of sp³-hybridized carbons (Fsp3) is 0.700. The molecule has 2 aromatic carbocycles. The summed E-state index contributed by atoms with van der Waals surface area (Å²) in [5, 5.41) is 0.696. The van der Waals surface area contributed by atoms with Crippen molar-refractivity contribution in [1.29, 1.82) is 0 Å². The molecular formula is C40H63ClO8. The van der Waals surface area contributed by atoms with Crippen LogP contribution in [0.15, 0.2) is 42.5 Å². The van der Waals surface area contributed by atoms with Crippen LogP contribution in [-0.2, 0) is 56.5 Å². The second kappa shape index (κ2) is 24.6. The van der Waals surface area contributed by atoms with E-state index >= 15 is 0 Å². The summed E-state index contributed by atoms with van der Waals surface area (Å²) in [5.74, 6) is -1.14. The fourth-order valence-electron chi connectivity index (χ4n) is 5.79. The molecule has 1 heterocycles. The third-order valence-corrected chi connectivity index (χ3v) is 9.13.